The summed E-state index contributed by atoms with van der Waals surface area (Å²) in [5.74, 6) is 0.937. The molecule has 30 heavy (non-hydrogen) atoms. The Hall–Kier alpha value is -3.56. The van der Waals surface area contributed by atoms with Crippen molar-refractivity contribution >= 4 is 28.8 Å². The third-order valence-electron chi connectivity index (χ3n) is 5.45. The van der Waals surface area contributed by atoms with E-state index in [1.165, 1.54) is 0 Å². The van der Waals surface area contributed by atoms with Crippen LogP contribution in [-0.2, 0) is 4.74 Å². The van der Waals surface area contributed by atoms with Crippen LogP contribution in [0.5, 0.6) is 0 Å². The van der Waals surface area contributed by atoms with Crippen LogP contribution in [0.1, 0.15) is 11.9 Å². The second-order valence-electron chi connectivity index (χ2n) is 7.32. The van der Waals surface area contributed by atoms with Gasteiger partial charge in [-0.15, -0.1) is 0 Å². The van der Waals surface area contributed by atoms with Crippen molar-refractivity contribution in [3.05, 3.63) is 60.6 Å². The Morgan fingerprint density at radius 2 is 1.67 bits per heavy atom. The third-order valence-corrected chi connectivity index (χ3v) is 5.45. The molecule has 1 aromatic heterocycles. The molecule has 0 bridgehead atoms. The van der Waals surface area contributed by atoms with Gasteiger partial charge in [0.25, 0.3) is 0 Å². The molecule has 0 radical (unpaired) electrons. The van der Waals surface area contributed by atoms with E-state index in [2.05, 4.69) is 27.0 Å². The van der Waals surface area contributed by atoms with Gasteiger partial charge in [0.15, 0.2) is 5.82 Å². The topological polar surface area (TPSA) is 124 Å². The standard InChI is InChI=1S/C21H24N8O/c22-14-2-1-3-17(12-14)28-13-25-18-19(23)29(21(24)26-20(18)28)16-6-4-15(5-7-16)27-8-10-30-11-9-27/h1-7,12-13,19H,8-11,22-23H2,(H2,24,26). The summed E-state index contributed by atoms with van der Waals surface area (Å²) in [6.07, 6.45) is 1.15. The Morgan fingerprint density at radius 1 is 0.933 bits per heavy atom. The molecule has 0 amide bonds. The van der Waals surface area contributed by atoms with E-state index >= 15 is 0 Å². The van der Waals surface area contributed by atoms with Crippen molar-refractivity contribution in [2.24, 2.45) is 16.5 Å². The molecule has 0 spiro atoms. The summed E-state index contributed by atoms with van der Waals surface area (Å²) in [6.45, 7) is 3.27. The predicted molar refractivity (Wildman–Crippen MR) is 118 cm³/mol. The number of rotatable bonds is 3. The fraction of sp³-hybridized carbons (Fsp3) is 0.238. The van der Waals surface area contributed by atoms with Crippen LogP contribution < -0.4 is 27.0 Å². The van der Waals surface area contributed by atoms with Crippen LogP contribution >= 0.6 is 0 Å². The number of imidazole rings is 1. The fourth-order valence-electron chi connectivity index (χ4n) is 3.90. The third kappa shape index (κ3) is 3.14. The average Bonchev–Trinajstić information content (AvgIpc) is 3.19. The lowest BCUT2D eigenvalue weighted by Gasteiger charge is -2.33. The molecule has 2 aliphatic heterocycles. The lowest BCUT2D eigenvalue weighted by Crippen LogP contribution is -2.46. The number of fused-ring (bicyclic) bond motifs is 1. The van der Waals surface area contributed by atoms with Crippen molar-refractivity contribution in [1.82, 2.24) is 9.55 Å². The minimum absolute atomic E-state index is 0.319. The maximum absolute atomic E-state index is 6.55. The predicted octanol–water partition coefficient (Wildman–Crippen LogP) is 1.71. The lowest BCUT2D eigenvalue weighted by molar-refractivity contribution is 0.122. The van der Waals surface area contributed by atoms with E-state index < -0.39 is 6.17 Å². The van der Waals surface area contributed by atoms with Crippen LogP contribution in [0.4, 0.5) is 22.9 Å². The Balaban J connectivity index is 1.45. The minimum Gasteiger partial charge on any atom is -0.399 e. The summed E-state index contributed by atoms with van der Waals surface area (Å²) in [6, 6.07) is 15.7. The number of nitrogens with zero attached hydrogens (tertiary/aromatic N) is 5. The van der Waals surface area contributed by atoms with Crippen molar-refractivity contribution in [3.8, 4) is 5.69 Å². The molecule has 2 aromatic carbocycles. The highest BCUT2D eigenvalue weighted by atomic mass is 16.5. The van der Waals surface area contributed by atoms with Crippen LogP contribution in [0, 0.1) is 0 Å². The van der Waals surface area contributed by atoms with E-state index in [4.69, 9.17) is 21.9 Å². The fourth-order valence-corrected chi connectivity index (χ4v) is 3.90. The highest BCUT2D eigenvalue weighted by molar-refractivity contribution is 5.98. The molecule has 9 heteroatoms. The van der Waals surface area contributed by atoms with Crippen LogP contribution in [-0.4, -0.2) is 41.8 Å². The van der Waals surface area contributed by atoms with Gasteiger partial charge in [-0.3, -0.25) is 9.47 Å². The van der Waals surface area contributed by atoms with Gasteiger partial charge >= 0.3 is 0 Å². The molecule has 1 fully saturated rings. The molecule has 0 saturated carbocycles. The largest absolute Gasteiger partial charge is 0.399 e. The molecule has 3 aromatic rings. The Labute approximate surface area is 174 Å². The van der Waals surface area contributed by atoms with Gasteiger partial charge in [0, 0.05) is 30.2 Å². The first-order valence-electron chi connectivity index (χ1n) is 9.87. The molecule has 1 saturated heterocycles. The summed E-state index contributed by atoms with van der Waals surface area (Å²) in [7, 11) is 0. The minimum atomic E-state index is -0.547. The number of hydrogen-bond donors (Lipinski definition) is 3. The molecule has 1 unspecified atom stereocenters. The monoisotopic (exact) mass is 404 g/mol. The zero-order chi connectivity index (χ0) is 20.7. The van der Waals surface area contributed by atoms with Crippen molar-refractivity contribution in [2.75, 3.05) is 41.8 Å². The number of benzene rings is 2. The van der Waals surface area contributed by atoms with Crippen LogP contribution in [0.2, 0.25) is 0 Å². The van der Waals surface area contributed by atoms with Gasteiger partial charge in [-0.1, -0.05) is 6.07 Å². The van der Waals surface area contributed by atoms with E-state index in [-0.39, 0.29) is 0 Å². The van der Waals surface area contributed by atoms with Gasteiger partial charge < -0.3 is 26.8 Å². The zero-order valence-electron chi connectivity index (χ0n) is 16.5. The first kappa shape index (κ1) is 18.5. The van der Waals surface area contributed by atoms with E-state index in [0.29, 0.717) is 23.2 Å². The summed E-state index contributed by atoms with van der Waals surface area (Å²) in [4.78, 5) is 13.2. The van der Waals surface area contributed by atoms with E-state index in [1.54, 1.807) is 11.2 Å². The normalized spacial score (nSPS) is 18.8. The highest BCUT2D eigenvalue weighted by Gasteiger charge is 2.31. The molecule has 5 rings (SSSR count). The van der Waals surface area contributed by atoms with Gasteiger partial charge in [0.1, 0.15) is 18.2 Å². The summed E-state index contributed by atoms with van der Waals surface area (Å²) >= 11 is 0. The number of nitrogen functional groups attached to an aromatic ring is 1. The SMILES string of the molecule is NC1=Nc2c(ncn2-c2cccc(N)c2)C(N)N1c1ccc(N2CCOCC2)cc1. The number of guanidine groups is 1. The van der Waals surface area contributed by atoms with Gasteiger partial charge in [-0.05, 0) is 42.5 Å². The molecular formula is C21H24N8O. The number of aliphatic imine (C=N–C) groups is 1. The molecule has 1 atom stereocenters. The number of nitrogens with two attached hydrogens (primary N) is 3. The van der Waals surface area contributed by atoms with Gasteiger partial charge in [0.05, 0.1) is 18.9 Å². The van der Waals surface area contributed by atoms with Crippen LogP contribution in [0.15, 0.2) is 59.9 Å². The zero-order valence-corrected chi connectivity index (χ0v) is 16.5. The molecule has 2 aliphatic rings. The van der Waals surface area contributed by atoms with Gasteiger partial charge in [-0.2, -0.15) is 4.99 Å². The Kier molecular flexibility index (Phi) is 4.53. The number of aromatic nitrogens is 2. The van der Waals surface area contributed by atoms with Crippen LogP contribution in [0.3, 0.4) is 0 Å². The molecule has 154 valence electrons. The average molecular weight is 404 g/mol. The van der Waals surface area contributed by atoms with Crippen molar-refractivity contribution < 1.29 is 4.74 Å². The second-order valence-corrected chi connectivity index (χ2v) is 7.32. The van der Waals surface area contributed by atoms with Crippen molar-refractivity contribution in [1.29, 1.82) is 0 Å². The molecule has 3 heterocycles. The first-order valence-corrected chi connectivity index (χ1v) is 9.87. The quantitative estimate of drug-likeness (QED) is 0.568. The molecular weight excluding hydrogens is 380 g/mol. The Morgan fingerprint density at radius 3 is 2.40 bits per heavy atom. The summed E-state index contributed by atoms with van der Waals surface area (Å²) in [5, 5.41) is 0. The lowest BCUT2D eigenvalue weighted by atomic mass is 10.2. The first-order chi connectivity index (χ1) is 14.6. The van der Waals surface area contributed by atoms with Crippen molar-refractivity contribution in [2.45, 2.75) is 6.17 Å². The summed E-state index contributed by atoms with van der Waals surface area (Å²) < 4.78 is 7.27. The number of hydrogen-bond acceptors (Lipinski definition) is 8. The second kappa shape index (κ2) is 7.36. The highest BCUT2D eigenvalue weighted by Crippen LogP contribution is 2.35. The van der Waals surface area contributed by atoms with Crippen molar-refractivity contribution in [3.63, 3.8) is 0 Å². The van der Waals surface area contributed by atoms with Crippen LogP contribution in [0.25, 0.3) is 5.69 Å². The van der Waals surface area contributed by atoms with E-state index in [1.807, 2.05) is 41.0 Å². The molecule has 9 nitrogen and oxygen atoms in total. The Bertz CT molecular complexity index is 1080. The van der Waals surface area contributed by atoms with Gasteiger partial charge in [0.2, 0.25) is 5.96 Å². The maximum Gasteiger partial charge on any atom is 0.204 e. The maximum atomic E-state index is 6.55. The number of ether oxygens (including phenoxy) is 1. The van der Waals surface area contributed by atoms with E-state index in [9.17, 15) is 0 Å². The smallest absolute Gasteiger partial charge is 0.204 e. The van der Waals surface area contributed by atoms with Gasteiger partial charge in [-0.25, -0.2) is 4.98 Å². The molecule has 0 aliphatic carbocycles. The van der Waals surface area contributed by atoms with E-state index in [0.717, 1.165) is 43.4 Å². The number of anilines is 3. The molecule has 6 N–H and O–H groups in total. The number of morpholine rings is 1. The summed E-state index contributed by atoms with van der Waals surface area (Å²) in [5.41, 5.74) is 23.0.